The number of carbonyl (C=O) groups excluding carboxylic acids is 2. The van der Waals surface area contributed by atoms with E-state index >= 15 is 0 Å². The van der Waals surface area contributed by atoms with Crippen LogP contribution in [0.1, 0.15) is 40.8 Å². The highest BCUT2D eigenvalue weighted by molar-refractivity contribution is 7.19. The number of nitrogens with one attached hydrogen (secondary N) is 1. The van der Waals surface area contributed by atoms with Crippen LogP contribution in [0.3, 0.4) is 0 Å². The first-order valence-corrected chi connectivity index (χ1v) is 13.6. The molecule has 9 nitrogen and oxygen atoms in total. The van der Waals surface area contributed by atoms with Crippen molar-refractivity contribution in [3.63, 3.8) is 0 Å². The lowest BCUT2D eigenvalue weighted by Crippen LogP contribution is -2.32. The van der Waals surface area contributed by atoms with Gasteiger partial charge in [-0.05, 0) is 54.5 Å². The smallest absolute Gasteiger partial charge is 0.225 e. The highest BCUT2D eigenvalue weighted by Gasteiger charge is 2.30. The van der Waals surface area contributed by atoms with Crippen molar-refractivity contribution < 1.29 is 14.3 Å². The number of nitrogens with zero attached hydrogens (tertiary/aromatic N) is 5. The predicted molar refractivity (Wildman–Crippen MR) is 144 cm³/mol. The average Bonchev–Trinajstić information content (AvgIpc) is 3.61. The highest BCUT2D eigenvalue weighted by atomic mass is 32.1. The van der Waals surface area contributed by atoms with Gasteiger partial charge in [-0.15, -0.1) is 11.3 Å². The largest absolute Gasteiger partial charge is 0.490 e. The number of amides is 2. The Bertz CT molecular complexity index is 1410. The number of ether oxygens (including phenoxy) is 1. The van der Waals surface area contributed by atoms with Crippen molar-refractivity contribution in [2.24, 2.45) is 10.9 Å². The Morgan fingerprint density at radius 2 is 2.16 bits per heavy atom. The van der Waals surface area contributed by atoms with Gasteiger partial charge in [-0.3, -0.25) is 14.6 Å². The van der Waals surface area contributed by atoms with E-state index in [1.807, 2.05) is 31.3 Å². The summed E-state index contributed by atoms with van der Waals surface area (Å²) in [5.41, 5.74) is 4.24. The molecule has 2 amide bonds. The molecule has 0 unspecified atom stereocenters. The zero-order valence-electron chi connectivity index (χ0n) is 21.1. The molecule has 1 aliphatic carbocycles. The van der Waals surface area contributed by atoms with Crippen LogP contribution in [0.15, 0.2) is 23.5 Å². The summed E-state index contributed by atoms with van der Waals surface area (Å²) in [6, 6.07) is 4.09. The van der Waals surface area contributed by atoms with Gasteiger partial charge in [-0.1, -0.05) is 0 Å². The third-order valence-corrected chi connectivity index (χ3v) is 8.57. The number of carbonyl (C=O) groups is 2. The molecule has 0 spiro atoms. The molecule has 4 heterocycles. The van der Waals surface area contributed by atoms with Gasteiger partial charge in [-0.25, -0.2) is 9.97 Å². The van der Waals surface area contributed by atoms with E-state index in [1.165, 1.54) is 10.4 Å². The summed E-state index contributed by atoms with van der Waals surface area (Å²) >= 11 is 1.66. The van der Waals surface area contributed by atoms with Gasteiger partial charge in [-0.2, -0.15) is 0 Å². The minimum absolute atomic E-state index is 0.0124. The first-order valence-electron chi connectivity index (χ1n) is 12.8. The van der Waals surface area contributed by atoms with E-state index in [2.05, 4.69) is 26.3 Å². The molecule has 3 aliphatic rings. The Hall–Kier alpha value is -3.53. The van der Waals surface area contributed by atoms with Crippen LogP contribution in [-0.4, -0.2) is 71.6 Å². The number of likely N-dealkylation sites (tertiary alicyclic amines) is 1. The van der Waals surface area contributed by atoms with E-state index in [9.17, 15) is 9.59 Å². The van der Waals surface area contributed by atoms with Crippen molar-refractivity contribution in [2.45, 2.75) is 38.6 Å². The van der Waals surface area contributed by atoms with E-state index in [-0.39, 0.29) is 17.7 Å². The Labute approximate surface area is 219 Å². The topological polar surface area (TPSA) is 100 Å². The molecule has 192 valence electrons. The molecule has 2 aromatic heterocycles. The van der Waals surface area contributed by atoms with Gasteiger partial charge in [0.25, 0.3) is 0 Å². The molecule has 1 aromatic carbocycles. The molecule has 0 bridgehead atoms. The number of rotatable bonds is 7. The number of aliphatic imine (C=N–C) groups is 1. The maximum absolute atomic E-state index is 12.6. The fraction of sp³-hybridized carbons (Fsp3) is 0.444. The van der Waals surface area contributed by atoms with Crippen LogP contribution in [0.2, 0.25) is 0 Å². The summed E-state index contributed by atoms with van der Waals surface area (Å²) in [5.74, 6) is 1.87. The molecule has 2 aliphatic heterocycles. The van der Waals surface area contributed by atoms with Crippen molar-refractivity contribution in [3.8, 4) is 5.75 Å². The molecule has 10 heteroatoms. The SMILES string of the molecule is CN(C)C(=O)[C@H]1CCc2c(sc3ncnc(Nc4cc5c(cc4OCCN4CCCC4=O)CN=C5)c23)C1. The normalized spacial score (nSPS) is 18.3. The quantitative estimate of drug-likeness (QED) is 0.513. The lowest BCUT2D eigenvalue weighted by Gasteiger charge is -2.24. The molecule has 3 aromatic rings. The number of anilines is 2. The number of aryl methyl sites for hydroxylation is 1. The monoisotopic (exact) mass is 518 g/mol. The number of hydrogen-bond acceptors (Lipinski definition) is 8. The lowest BCUT2D eigenvalue weighted by atomic mass is 9.87. The van der Waals surface area contributed by atoms with Gasteiger partial charge in [0.15, 0.2) is 0 Å². The fourth-order valence-corrected chi connectivity index (χ4v) is 6.74. The van der Waals surface area contributed by atoms with Gasteiger partial charge in [0.2, 0.25) is 11.8 Å². The van der Waals surface area contributed by atoms with E-state index in [1.54, 1.807) is 22.6 Å². The van der Waals surface area contributed by atoms with Gasteiger partial charge in [0, 0.05) is 44.1 Å². The molecule has 1 N–H and O–H groups in total. The molecule has 1 fully saturated rings. The number of aromatic nitrogens is 2. The average molecular weight is 519 g/mol. The van der Waals surface area contributed by atoms with Gasteiger partial charge in [0.1, 0.15) is 29.3 Å². The first-order chi connectivity index (χ1) is 18.0. The van der Waals surface area contributed by atoms with E-state index in [0.29, 0.717) is 26.1 Å². The first kappa shape index (κ1) is 23.8. The second-order valence-corrected chi connectivity index (χ2v) is 11.1. The van der Waals surface area contributed by atoms with Crippen LogP contribution in [0, 0.1) is 5.92 Å². The summed E-state index contributed by atoms with van der Waals surface area (Å²) in [5, 5.41) is 4.56. The third-order valence-electron chi connectivity index (χ3n) is 7.41. The molecule has 6 rings (SSSR count). The minimum Gasteiger partial charge on any atom is -0.490 e. The van der Waals surface area contributed by atoms with Crippen LogP contribution in [0.4, 0.5) is 11.5 Å². The molecule has 0 saturated carbocycles. The summed E-state index contributed by atoms with van der Waals surface area (Å²) in [4.78, 5) is 43.9. The van der Waals surface area contributed by atoms with Crippen molar-refractivity contribution in [1.82, 2.24) is 19.8 Å². The number of fused-ring (bicyclic) bond motifs is 4. The Balaban J connectivity index is 1.29. The van der Waals surface area contributed by atoms with Crippen LogP contribution in [0.25, 0.3) is 10.2 Å². The van der Waals surface area contributed by atoms with Crippen molar-refractivity contribution in [1.29, 1.82) is 0 Å². The zero-order valence-corrected chi connectivity index (χ0v) is 21.9. The molecule has 1 saturated heterocycles. The molecule has 1 atom stereocenters. The van der Waals surface area contributed by atoms with E-state index in [0.717, 1.165) is 70.8 Å². The highest BCUT2D eigenvalue weighted by Crippen LogP contribution is 2.42. The lowest BCUT2D eigenvalue weighted by molar-refractivity contribution is -0.133. The second-order valence-electron chi connectivity index (χ2n) is 10.1. The van der Waals surface area contributed by atoms with Gasteiger partial charge in [0.05, 0.1) is 24.2 Å². The predicted octanol–water partition coefficient (Wildman–Crippen LogP) is 3.56. The van der Waals surface area contributed by atoms with Crippen molar-refractivity contribution in [2.75, 3.05) is 39.1 Å². The molecule has 37 heavy (non-hydrogen) atoms. The summed E-state index contributed by atoms with van der Waals surface area (Å²) < 4.78 is 6.22. The number of hydrogen-bond donors (Lipinski definition) is 1. The Kier molecular flexibility index (Phi) is 6.27. The maximum Gasteiger partial charge on any atom is 0.225 e. The number of thiophene rings is 1. The van der Waals surface area contributed by atoms with Crippen molar-refractivity contribution in [3.05, 3.63) is 40.0 Å². The fourth-order valence-electron chi connectivity index (χ4n) is 5.47. The van der Waals surface area contributed by atoms with Crippen molar-refractivity contribution >= 4 is 51.1 Å². The minimum atomic E-state index is 0.0124. The Morgan fingerprint density at radius 3 is 2.97 bits per heavy atom. The van der Waals surface area contributed by atoms with Crippen LogP contribution in [-0.2, 0) is 29.0 Å². The standard InChI is InChI=1S/C27H30N6O3S/c1-32(2)27(35)16-5-6-19-22(12-16)37-26-24(19)25(29-15-30-26)31-20-10-17-13-28-14-18(17)11-21(20)36-9-8-33-7-3-4-23(33)34/h10-11,13,15-16H,3-9,12,14H2,1-2H3,(H,29,30,31)/t16-/m0/s1. The van der Waals surface area contributed by atoms with Gasteiger partial charge < -0.3 is 19.9 Å². The van der Waals surface area contributed by atoms with Crippen LogP contribution in [0.5, 0.6) is 5.75 Å². The van der Waals surface area contributed by atoms with Crippen LogP contribution < -0.4 is 10.1 Å². The van der Waals surface area contributed by atoms with E-state index in [4.69, 9.17) is 4.74 Å². The Morgan fingerprint density at radius 1 is 1.27 bits per heavy atom. The molecule has 0 radical (unpaired) electrons. The third kappa shape index (κ3) is 4.54. The molecular weight excluding hydrogens is 488 g/mol. The second kappa shape index (κ2) is 9.74. The number of benzene rings is 1. The summed E-state index contributed by atoms with van der Waals surface area (Å²) in [6.07, 6.45) is 7.41. The summed E-state index contributed by atoms with van der Waals surface area (Å²) in [7, 11) is 3.64. The summed E-state index contributed by atoms with van der Waals surface area (Å²) in [6.45, 7) is 2.44. The zero-order chi connectivity index (χ0) is 25.5. The van der Waals surface area contributed by atoms with Crippen LogP contribution >= 0.6 is 11.3 Å². The maximum atomic E-state index is 12.6. The van der Waals surface area contributed by atoms with Gasteiger partial charge >= 0.3 is 0 Å². The van der Waals surface area contributed by atoms with E-state index < -0.39 is 0 Å². The molecular formula is C27H30N6O3S.